The summed E-state index contributed by atoms with van der Waals surface area (Å²) >= 11 is -0.106. The molecule has 0 radical (unpaired) electrons. The average molecular weight is 594 g/mol. The van der Waals surface area contributed by atoms with Crippen molar-refractivity contribution >= 4 is 36.3 Å². The summed E-state index contributed by atoms with van der Waals surface area (Å²) in [4.78, 5) is 0. The Kier molecular flexibility index (Phi) is 28.2. The maximum atomic E-state index is 5.49. The third-order valence-electron chi connectivity index (χ3n) is 1.78. The van der Waals surface area contributed by atoms with Crippen molar-refractivity contribution in [2.45, 2.75) is 120 Å². The van der Waals surface area contributed by atoms with Crippen LogP contribution in [0, 0.1) is 0 Å². The van der Waals surface area contributed by atoms with Gasteiger partial charge in [-0.3, -0.25) is 0 Å². The van der Waals surface area contributed by atoms with Crippen LogP contribution >= 0.6 is 36.3 Å². The summed E-state index contributed by atoms with van der Waals surface area (Å²) in [7, 11) is 7.27. The monoisotopic (exact) mass is 592 g/mol. The van der Waals surface area contributed by atoms with E-state index in [1.54, 1.807) is 0 Å². The second kappa shape index (κ2) is 23.0. The van der Waals surface area contributed by atoms with E-state index in [0.717, 1.165) is 0 Å². The molecule has 0 saturated heterocycles. The van der Waals surface area contributed by atoms with Crippen molar-refractivity contribution in [1.29, 1.82) is 0 Å². The van der Waals surface area contributed by atoms with Crippen molar-refractivity contribution in [3.63, 3.8) is 0 Å². The van der Waals surface area contributed by atoms with E-state index in [2.05, 4.69) is 0 Å². The van der Waals surface area contributed by atoms with Crippen LogP contribution in [-0.2, 0) is 43.1 Å². The molecule has 0 unspecified atom stereocenters. The first-order valence-electron chi connectivity index (χ1n) is 9.68. The molecule has 0 aliphatic carbocycles. The second-order valence-corrected chi connectivity index (χ2v) is 11.9. The Morgan fingerprint density at radius 3 is 0.586 bits per heavy atom. The molecule has 0 aromatic rings. The first-order chi connectivity index (χ1) is 13.2. The molecule has 0 saturated carbocycles. The minimum atomic E-state index is -1.18. The van der Waals surface area contributed by atoms with Crippen LogP contribution in [0.3, 0.4) is 0 Å². The predicted octanol–water partition coefficient (Wildman–Crippen LogP) is 8.35. The molecule has 6 nitrogen and oxygen atoms in total. The van der Waals surface area contributed by atoms with Gasteiger partial charge in [-0.05, 0) is 83.1 Å². The maximum absolute atomic E-state index is 5.49. The van der Waals surface area contributed by atoms with E-state index in [1.807, 2.05) is 83.1 Å². The van der Waals surface area contributed by atoms with Crippen LogP contribution in [-0.4, -0.2) is 36.6 Å². The topological polar surface area (TPSA) is 55.4 Å². The van der Waals surface area contributed by atoms with Crippen molar-refractivity contribution in [3.8, 4) is 0 Å². The molecule has 184 valence electrons. The molecule has 0 aromatic heterocycles. The van der Waals surface area contributed by atoms with Crippen LogP contribution in [0.1, 0.15) is 83.1 Å². The molecular formula is C18H42Cl2O6P2Pd. The molecule has 0 heterocycles. The van der Waals surface area contributed by atoms with Gasteiger partial charge in [-0.25, -0.2) is 0 Å². The number of halogens is 2. The summed E-state index contributed by atoms with van der Waals surface area (Å²) in [5, 5.41) is 0. The molecule has 0 spiro atoms. The van der Waals surface area contributed by atoms with E-state index in [-0.39, 0.29) is 52.6 Å². The summed E-state index contributed by atoms with van der Waals surface area (Å²) in [5.74, 6) is 0. The zero-order chi connectivity index (χ0) is 23.6. The molecular weight excluding hydrogens is 551 g/mol. The van der Waals surface area contributed by atoms with Gasteiger partial charge in [0.05, 0.1) is 36.6 Å². The van der Waals surface area contributed by atoms with Gasteiger partial charge in [0.2, 0.25) is 0 Å². The normalized spacial score (nSPS) is 11.9. The van der Waals surface area contributed by atoms with Crippen LogP contribution in [0.25, 0.3) is 0 Å². The van der Waals surface area contributed by atoms with Crippen molar-refractivity contribution < 1.29 is 43.1 Å². The van der Waals surface area contributed by atoms with Crippen LogP contribution < -0.4 is 0 Å². The Bertz CT molecular complexity index is 264. The molecule has 29 heavy (non-hydrogen) atoms. The van der Waals surface area contributed by atoms with E-state index < -0.39 is 17.2 Å². The zero-order valence-corrected chi connectivity index (χ0v) is 24.7. The van der Waals surface area contributed by atoms with Gasteiger partial charge >= 0.3 is 52.2 Å². The van der Waals surface area contributed by atoms with Crippen molar-refractivity contribution in [2.75, 3.05) is 0 Å². The van der Waals surface area contributed by atoms with E-state index >= 15 is 0 Å². The summed E-state index contributed by atoms with van der Waals surface area (Å²) < 4.78 is 33.0. The quantitative estimate of drug-likeness (QED) is 0.167. The first-order valence-corrected chi connectivity index (χ1v) is 15.9. The first kappa shape index (κ1) is 35.5. The third kappa shape index (κ3) is 34.7. The van der Waals surface area contributed by atoms with E-state index in [4.69, 9.17) is 46.2 Å². The second-order valence-electron chi connectivity index (χ2n) is 7.42. The molecule has 0 bridgehead atoms. The average Bonchev–Trinajstić information content (AvgIpc) is 2.43. The Hall–Kier alpha value is 1.86. The molecule has 0 rings (SSSR count). The Balaban J connectivity index is -0.000000410. The van der Waals surface area contributed by atoms with E-state index in [9.17, 15) is 0 Å². The standard InChI is InChI=1S/2C9H21O3P.2ClH.Pd/c2*1-7(2)10-13(11-8(3)4)12-9(5)6;;;/h2*7-9H,1-6H3;2*1H;/q;;;;+2/p-2. The van der Waals surface area contributed by atoms with Gasteiger partial charge in [0.25, 0.3) is 0 Å². The Labute approximate surface area is 198 Å². The Morgan fingerprint density at radius 1 is 0.414 bits per heavy atom. The molecule has 0 aromatic carbocycles. The fraction of sp³-hybridized carbons (Fsp3) is 1.00. The van der Waals surface area contributed by atoms with E-state index in [0.29, 0.717) is 0 Å². The van der Waals surface area contributed by atoms with Crippen molar-refractivity contribution in [1.82, 2.24) is 0 Å². The molecule has 0 aliphatic rings. The van der Waals surface area contributed by atoms with Gasteiger partial charge in [-0.1, -0.05) is 0 Å². The van der Waals surface area contributed by atoms with Gasteiger partial charge in [-0.2, -0.15) is 0 Å². The van der Waals surface area contributed by atoms with Crippen LogP contribution in [0.2, 0.25) is 0 Å². The summed E-state index contributed by atoms with van der Waals surface area (Å²) in [6.07, 6.45) is 0.853. The molecule has 0 aliphatic heterocycles. The summed E-state index contributed by atoms with van der Waals surface area (Å²) in [6.45, 7) is 23.7. The van der Waals surface area contributed by atoms with Crippen molar-refractivity contribution in [2.24, 2.45) is 0 Å². The van der Waals surface area contributed by atoms with Gasteiger partial charge in [0, 0.05) is 0 Å². The summed E-state index contributed by atoms with van der Waals surface area (Å²) in [5.41, 5.74) is 0. The van der Waals surface area contributed by atoms with E-state index in [1.165, 1.54) is 0 Å². The minimum absolute atomic E-state index is 0.106. The molecule has 0 atom stereocenters. The van der Waals surface area contributed by atoms with Gasteiger partial charge in [-0.15, -0.1) is 0 Å². The van der Waals surface area contributed by atoms with Gasteiger partial charge < -0.3 is 27.1 Å². The third-order valence-corrected chi connectivity index (χ3v) is 5.34. The Morgan fingerprint density at radius 2 is 0.517 bits per heavy atom. The SMILES string of the molecule is CC(C)OP(OC(C)C)OC(C)C.CC(C)OP(OC(C)C)OC(C)C.[Cl][Pd][Cl]. The van der Waals surface area contributed by atoms with Crippen LogP contribution in [0.4, 0.5) is 0 Å². The molecule has 0 fully saturated rings. The van der Waals surface area contributed by atoms with Crippen molar-refractivity contribution in [3.05, 3.63) is 0 Å². The zero-order valence-electron chi connectivity index (χ0n) is 19.9. The molecule has 0 N–H and O–H groups in total. The fourth-order valence-corrected chi connectivity index (χ4v) is 3.55. The fourth-order valence-electron chi connectivity index (χ4n) is 1.18. The van der Waals surface area contributed by atoms with Gasteiger partial charge in [0.15, 0.2) is 0 Å². The number of rotatable bonds is 12. The molecule has 0 amide bonds. The number of hydrogen-bond donors (Lipinski definition) is 0. The molecule has 11 heteroatoms. The van der Waals surface area contributed by atoms with Crippen LogP contribution in [0.5, 0.6) is 0 Å². The number of hydrogen-bond acceptors (Lipinski definition) is 6. The van der Waals surface area contributed by atoms with Gasteiger partial charge in [0.1, 0.15) is 0 Å². The van der Waals surface area contributed by atoms with Crippen LogP contribution in [0.15, 0.2) is 0 Å². The predicted molar refractivity (Wildman–Crippen MR) is 123 cm³/mol. The summed E-state index contributed by atoms with van der Waals surface area (Å²) in [6, 6.07) is 0.